The molecule has 2 aromatic carbocycles. The van der Waals surface area contributed by atoms with Crippen LogP contribution in [0.15, 0.2) is 66.9 Å². The number of anilines is 3. The zero-order valence-electron chi connectivity index (χ0n) is 13.5. The Morgan fingerprint density at radius 1 is 1.00 bits per heavy atom. The van der Waals surface area contributed by atoms with Crippen molar-refractivity contribution in [3.05, 3.63) is 77.6 Å². The first-order valence-electron chi connectivity index (χ1n) is 7.59. The van der Waals surface area contributed by atoms with Gasteiger partial charge < -0.3 is 15.4 Å². The number of halogens is 1. The second kappa shape index (κ2) is 7.68. The Labute approximate surface area is 150 Å². The number of carbonyl (C=O) groups excluding carboxylic acids is 1. The van der Waals surface area contributed by atoms with E-state index in [0.717, 1.165) is 17.1 Å². The molecule has 0 saturated carbocycles. The summed E-state index contributed by atoms with van der Waals surface area (Å²) in [6.45, 7) is 0. The average molecular weight is 354 g/mol. The summed E-state index contributed by atoms with van der Waals surface area (Å²) in [6, 6.07) is 18.2. The molecule has 0 fully saturated rings. The van der Waals surface area contributed by atoms with Crippen LogP contribution in [0.2, 0.25) is 5.15 Å². The standard InChI is InChI=1S/C19H16ClN3O2/c1-25-14-10-8-13(9-11-14)22-16-6-2-3-7-17(16)23-19(24)15-5-4-12-21-18(15)20/h2-12,22H,1H3,(H,23,24). The molecule has 3 rings (SSSR count). The van der Waals surface area contributed by atoms with E-state index < -0.39 is 0 Å². The average Bonchev–Trinajstić information content (AvgIpc) is 2.64. The molecule has 3 aromatic rings. The molecule has 0 bridgehead atoms. The summed E-state index contributed by atoms with van der Waals surface area (Å²) in [4.78, 5) is 16.4. The third kappa shape index (κ3) is 4.08. The number of ether oxygens (including phenoxy) is 1. The van der Waals surface area contributed by atoms with Crippen molar-refractivity contribution < 1.29 is 9.53 Å². The maximum absolute atomic E-state index is 12.4. The molecular weight excluding hydrogens is 338 g/mol. The normalized spacial score (nSPS) is 10.2. The largest absolute Gasteiger partial charge is 0.497 e. The highest BCUT2D eigenvalue weighted by atomic mass is 35.5. The quantitative estimate of drug-likeness (QED) is 0.650. The monoisotopic (exact) mass is 353 g/mol. The fraction of sp³-hybridized carbons (Fsp3) is 0.0526. The van der Waals surface area contributed by atoms with Gasteiger partial charge in [0.2, 0.25) is 0 Å². The van der Waals surface area contributed by atoms with Gasteiger partial charge in [0.15, 0.2) is 0 Å². The number of benzene rings is 2. The van der Waals surface area contributed by atoms with Crippen molar-refractivity contribution >= 4 is 34.6 Å². The molecule has 1 heterocycles. The van der Waals surface area contributed by atoms with Crippen LogP contribution in [-0.4, -0.2) is 18.0 Å². The number of nitrogens with one attached hydrogen (secondary N) is 2. The second-order valence-corrected chi connectivity index (χ2v) is 5.55. The first-order chi connectivity index (χ1) is 12.2. The number of hydrogen-bond acceptors (Lipinski definition) is 4. The van der Waals surface area contributed by atoms with Crippen molar-refractivity contribution in [1.29, 1.82) is 0 Å². The molecule has 0 spiro atoms. The third-order valence-corrected chi connectivity index (χ3v) is 3.85. The first-order valence-corrected chi connectivity index (χ1v) is 7.97. The minimum Gasteiger partial charge on any atom is -0.497 e. The lowest BCUT2D eigenvalue weighted by Gasteiger charge is -2.13. The van der Waals surface area contributed by atoms with E-state index in [9.17, 15) is 4.79 Å². The zero-order valence-corrected chi connectivity index (χ0v) is 14.2. The number of rotatable bonds is 5. The van der Waals surface area contributed by atoms with Gasteiger partial charge in [-0.25, -0.2) is 4.98 Å². The van der Waals surface area contributed by atoms with Gasteiger partial charge in [-0.05, 0) is 48.5 Å². The molecule has 126 valence electrons. The lowest BCUT2D eigenvalue weighted by Crippen LogP contribution is -2.14. The highest BCUT2D eigenvalue weighted by Crippen LogP contribution is 2.27. The Hall–Kier alpha value is -3.05. The van der Waals surface area contributed by atoms with Gasteiger partial charge in [0.05, 0.1) is 24.0 Å². The van der Waals surface area contributed by atoms with Crippen molar-refractivity contribution in [3.63, 3.8) is 0 Å². The minimum atomic E-state index is -0.318. The summed E-state index contributed by atoms with van der Waals surface area (Å²) in [7, 11) is 1.62. The lowest BCUT2D eigenvalue weighted by atomic mass is 10.2. The summed E-state index contributed by atoms with van der Waals surface area (Å²) in [5, 5.41) is 6.30. The summed E-state index contributed by atoms with van der Waals surface area (Å²) >= 11 is 5.98. The van der Waals surface area contributed by atoms with Gasteiger partial charge in [0.25, 0.3) is 5.91 Å². The highest BCUT2D eigenvalue weighted by molar-refractivity contribution is 6.33. The minimum absolute atomic E-state index is 0.167. The van der Waals surface area contributed by atoms with E-state index in [-0.39, 0.29) is 11.1 Å². The highest BCUT2D eigenvalue weighted by Gasteiger charge is 2.12. The van der Waals surface area contributed by atoms with Gasteiger partial charge in [-0.2, -0.15) is 0 Å². The van der Waals surface area contributed by atoms with Gasteiger partial charge in [-0.3, -0.25) is 4.79 Å². The van der Waals surface area contributed by atoms with Crippen molar-refractivity contribution in [2.24, 2.45) is 0 Å². The summed E-state index contributed by atoms with van der Waals surface area (Å²) in [6.07, 6.45) is 1.54. The van der Waals surface area contributed by atoms with Crippen molar-refractivity contribution in [2.75, 3.05) is 17.7 Å². The van der Waals surface area contributed by atoms with Crippen molar-refractivity contribution in [3.8, 4) is 5.75 Å². The molecule has 1 amide bonds. The van der Waals surface area contributed by atoms with Crippen LogP contribution in [0.25, 0.3) is 0 Å². The number of aromatic nitrogens is 1. The Bertz CT molecular complexity index is 882. The number of pyridine rings is 1. The Morgan fingerprint density at radius 3 is 2.40 bits per heavy atom. The Morgan fingerprint density at radius 2 is 1.72 bits per heavy atom. The molecule has 0 aliphatic heterocycles. The van der Waals surface area contributed by atoms with Crippen LogP contribution in [-0.2, 0) is 0 Å². The number of nitrogens with zero attached hydrogens (tertiary/aromatic N) is 1. The second-order valence-electron chi connectivity index (χ2n) is 5.19. The molecule has 6 heteroatoms. The molecule has 0 aliphatic carbocycles. The number of hydrogen-bond donors (Lipinski definition) is 2. The van der Waals surface area contributed by atoms with Crippen molar-refractivity contribution in [2.45, 2.75) is 0 Å². The van der Waals surface area contributed by atoms with Crippen LogP contribution >= 0.6 is 11.6 Å². The maximum atomic E-state index is 12.4. The maximum Gasteiger partial charge on any atom is 0.258 e. The van der Waals surface area contributed by atoms with E-state index >= 15 is 0 Å². The molecule has 5 nitrogen and oxygen atoms in total. The lowest BCUT2D eigenvalue weighted by molar-refractivity contribution is 0.102. The van der Waals surface area contributed by atoms with Crippen LogP contribution in [0.3, 0.4) is 0 Å². The third-order valence-electron chi connectivity index (χ3n) is 3.55. The summed E-state index contributed by atoms with van der Waals surface area (Å²) in [5.74, 6) is 0.459. The fourth-order valence-corrected chi connectivity index (χ4v) is 2.48. The van der Waals surface area contributed by atoms with E-state index in [2.05, 4.69) is 15.6 Å². The summed E-state index contributed by atoms with van der Waals surface area (Å²) < 4.78 is 5.15. The van der Waals surface area contributed by atoms with E-state index in [1.54, 1.807) is 19.2 Å². The number of amides is 1. The van der Waals surface area contributed by atoms with Crippen LogP contribution in [0.5, 0.6) is 5.75 Å². The first kappa shape index (κ1) is 16.8. The van der Waals surface area contributed by atoms with Crippen LogP contribution < -0.4 is 15.4 Å². The van der Waals surface area contributed by atoms with Gasteiger partial charge in [0, 0.05) is 11.9 Å². The Kier molecular flexibility index (Phi) is 5.16. The molecular formula is C19H16ClN3O2. The number of methoxy groups -OCH3 is 1. The Balaban J connectivity index is 1.81. The molecule has 0 aliphatic rings. The van der Waals surface area contributed by atoms with Crippen molar-refractivity contribution in [1.82, 2.24) is 4.98 Å². The van der Waals surface area contributed by atoms with Crippen LogP contribution in [0.4, 0.5) is 17.1 Å². The van der Waals surface area contributed by atoms with Crippen LogP contribution in [0.1, 0.15) is 10.4 Å². The zero-order chi connectivity index (χ0) is 17.6. The summed E-state index contributed by atoms with van der Waals surface area (Å²) in [5.41, 5.74) is 2.61. The molecule has 1 aromatic heterocycles. The van der Waals surface area contributed by atoms with Gasteiger partial charge in [-0.15, -0.1) is 0 Å². The predicted molar refractivity (Wildman–Crippen MR) is 99.9 cm³/mol. The molecule has 0 radical (unpaired) electrons. The fourth-order valence-electron chi connectivity index (χ4n) is 2.28. The number of para-hydroxylation sites is 2. The molecule has 0 atom stereocenters. The van der Waals surface area contributed by atoms with E-state index in [1.807, 2.05) is 48.5 Å². The molecule has 25 heavy (non-hydrogen) atoms. The molecule has 0 unspecified atom stereocenters. The number of carbonyl (C=O) groups is 1. The van der Waals surface area contributed by atoms with E-state index in [1.165, 1.54) is 6.20 Å². The van der Waals surface area contributed by atoms with E-state index in [4.69, 9.17) is 16.3 Å². The molecule has 2 N–H and O–H groups in total. The predicted octanol–water partition coefficient (Wildman–Crippen LogP) is 4.74. The van der Waals surface area contributed by atoms with Gasteiger partial charge >= 0.3 is 0 Å². The van der Waals surface area contributed by atoms with Gasteiger partial charge in [0.1, 0.15) is 10.9 Å². The smallest absolute Gasteiger partial charge is 0.258 e. The topological polar surface area (TPSA) is 63.2 Å². The molecule has 0 saturated heterocycles. The SMILES string of the molecule is COc1ccc(Nc2ccccc2NC(=O)c2cccnc2Cl)cc1. The van der Waals surface area contributed by atoms with Gasteiger partial charge in [-0.1, -0.05) is 23.7 Å². The van der Waals surface area contributed by atoms with Crippen LogP contribution in [0, 0.1) is 0 Å². The van der Waals surface area contributed by atoms with E-state index in [0.29, 0.717) is 11.3 Å².